The number of nitrogens with zero attached hydrogens (tertiary/aromatic N) is 1. The van der Waals surface area contributed by atoms with Crippen LogP contribution in [0.2, 0.25) is 0 Å². The highest BCUT2D eigenvalue weighted by Gasteiger charge is 2.13. The molecule has 0 aliphatic heterocycles. The van der Waals surface area contributed by atoms with Gasteiger partial charge in [0.1, 0.15) is 0 Å². The van der Waals surface area contributed by atoms with E-state index in [0.717, 1.165) is 4.90 Å². The number of carbonyl (C=O) groups is 1. The molecule has 0 fully saturated rings. The minimum absolute atomic E-state index is 0.0384. The molecule has 21 heavy (non-hydrogen) atoms. The largest absolute Gasteiger partial charge is 0.502 e. The molecule has 2 N–H and O–H groups in total. The van der Waals surface area contributed by atoms with Crippen LogP contribution in [0.3, 0.4) is 0 Å². The minimum Gasteiger partial charge on any atom is -0.502 e. The molecular formula is C14H11NO5S. The highest BCUT2D eigenvalue weighted by Crippen LogP contribution is 2.34. The number of aromatic hydroxyl groups is 1. The molecule has 0 aliphatic rings. The zero-order valence-corrected chi connectivity index (χ0v) is 11.5. The Morgan fingerprint density at radius 1 is 1.14 bits per heavy atom. The molecule has 2 aromatic rings. The Morgan fingerprint density at radius 3 is 2.29 bits per heavy atom. The second kappa shape index (κ2) is 6.27. The zero-order chi connectivity index (χ0) is 15.4. The van der Waals surface area contributed by atoms with Crippen molar-refractivity contribution in [2.45, 2.75) is 16.2 Å². The van der Waals surface area contributed by atoms with Crippen LogP contribution in [-0.2, 0) is 11.2 Å². The predicted molar refractivity (Wildman–Crippen MR) is 76.7 cm³/mol. The summed E-state index contributed by atoms with van der Waals surface area (Å²) in [5.41, 5.74) is 0.356. The third-order valence-corrected chi connectivity index (χ3v) is 3.66. The van der Waals surface area contributed by atoms with Gasteiger partial charge >= 0.3 is 11.7 Å². The fraction of sp³-hybridized carbons (Fsp3) is 0.0714. The van der Waals surface area contributed by atoms with Crippen LogP contribution in [0, 0.1) is 10.1 Å². The standard InChI is InChI=1S/C14H11NO5S/c16-13-8-11(5-6-12(13)15(19)20)21-10-3-1-9(2-4-10)7-14(17)18/h1-6,8,16H,7H2,(H,17,18). The number of carboxylic acids is 1. The van der Waals surface area contributed by atoms with E-state index in [1.807, 2.05) is 0 Å². The van der Waals surface area contributed by atoms with Gasteiger partial charge in [-0.2, -0.15) is 0 Å². The number of benzene rings is 2. The first-order valence-corrected chi connectivity index (χ1v) is 6.73. The van der Waals surface area contributed by atoms with Gasteiger partial charge in [0, 0.05) is 21.9 Å². The van der Waals surface area contributed by atoms with Crippen molar-refractivity contribution in [3.05, 3.63) is 58.1 Å². The summed E-state index contributed by atoms with van der Waals surface area (Å²) in [7, 11) is 0. The van der Waals surface area contributed by atoms with Crippen molar-refractivity contribution in [1.82, 2.24) is 0 Å². The Bertz CT molecular complexity index is 684. The van der Waals surface area contributed by atoms with Crippen LogP contribution in [0.5, 0.6) is 5.75 Å². The van der Waals surface area contributed by atoms with E-state index in [9.17, 15) is 20.0 Å². The number of carboxylic acid groups (broad SMARTS) is 1. The Balaban J connectivity index is 2.13. The number of nitro benzene ring substituents is 1. The van der Waals surface area contributed by atoms with Gasteiger partial charge in [-0.1, -0.05) is 23.9 Å². The molecule has 0 saturated carbocycles. The van der Waals surface area contributed by atoms with E-state index < -0.39 is 10.9 Å². The maximum Gasteiger partial charge on any atom is 0.310 e. The summed E-state index contributed by atoms with van der Waals surface area (Å²) in [6.07, 6.45) is -0.0384. The monoisotopic (exact) mass is 305 g/mol. The van der Waals surface area contributed by atoms with E-state index in [1.165, 1.54) is 23.9 Å². The first-order chi connectivity index (χ1) is 9.95. The normalized spacial score (nSPS) is 10.3. The molecule has 0 heterocycles. The number of hydrogen-bond donors (Lipinski definition) is 2. The average Bonchev–Trinajstić information content (AvgIpc) is 2.40. The van der Waals surface area contributed by atoms with E-state index in [0.29, 0.717) is 10.5 Å². The summed E-state index contributed by atoms with van der Waals surface area (Å²) < 4.78 is 0. The molecule has 0 unspecified atom stereocenters. The summed E-state index contributed by atoms with van der Waals surface area (Å²) in [5, 5.41) is 28.9. The fourth-order valence-electron chi connectivity index (χ4n) is 1.71. The summed E-state index contributed by atoms with van der Waals surface area (Å²) in [4.78, 5) is 22.0. The summed E-state index contributed by atoms with van der Waals surface area (Å²) in [6, 6.07) is 11.1. The van der Waals surface area contributed by atoms with Gasteiger partial charge in [0.15, 0.2) is 5.75 Å². The van der Waals surface area contributed by atoms with Crippen molar-refractivity contribution in [1.29, 1.82) is 0 Å². The third kappa shape index (κ3) is 3.96. The first kappa shape index (κ1) is 14.9. The van der Waals surface area contributed by atoms with Crippen LogP contribution in [0.1, 0.15) is 5.56 Å². The van der Waals surface area contributed by atoms with Gasteiger partial charge in [-0.15, -0.1) is 0 Å². The van der Waals surface area contributed by atoms with Crippen molar-refractivity contribution in [3.63, 3.8) is 0 Å². The molecule has 6 nitrogen and oxygen atoms in total. The lowest BCUT2D eigenvalue weighted by atomic mass is 10.2. The molecule has 0 spiro atoms. The summed E-state index contributed by atoms with van der Waals surface area (Å²) >= 11 is 1.32. The van der Waals surface area contributed by atoms with Gasteiger partial charge in [-0.05, 0) is 23.8 Å². The molecule has 0 aliphatic carbocycles. The molecule has 0 amide bonds. The SMILES string of the molecule is O=C(O)Cc1ccc(Sc2ccc([N+](=O)[O-])c(O)c2)cc1. The maximum absolute atomic E-state index is 10.6. The molecule has 0 aromatic heterocycles. The Labute approximate surface area is 124 Å². The maximum atomic E-state index is 10.6. The number of hydrogen-bond acceptors (Lipinski definition) is 5. The van der Waals surface area contributed by atoms with Gasteiger partial charge in [0.2, 0.25) is 0 Å². The lowest BCUT2D eigenvalue weighted by molar-refractivity contribution is -0.385. The number of phenols is 1. The van der Waals surface area contributed by atoms with Crippen LogP contribution in [0.4, 0.5) is 5.69 Å². The second-order valence-corrected chi connectivity index (χ2v) is 5.37. The van der Waals surface area contributed by atoms with Gasteiger partial charge in [-0.3, -0.25) is 14.9 Å². The molecule has 0 bridgehead atoms. The highest BCUT2D eigenvalue weighted by atomic mass is 32.2. The second-order valence-electron chi connectivity index (χ2n) is 4.22. The van der Waals surface area contributed by atoms with Crippen LogP contribution in [0.25, 0.3) is 0 Å². The van der Waals surface area contributed by atoms with E-state index in [2.05, 4.69) is 0 Å². The van der Waals surface area contributed by atoms with Gasteiger partial charge in [-0.25, -0.2) is 0 Å². The van der Waals surface area contributed by atoms with E-state index in [-0.39, 0.29) is 17.9 Å². The smallest absolute Gasteiger partial charge is 0.310 e. The summed E-state index contributed by atoms with van der Waals surface area (Å²) in [6.45, 7) is 0. The third-order valence-electron chi connectivity index (χ3n) is 2.66. The van der Waals surface area contributed by atoms with Crippen molar-refractivity contribution in [2.24, 2.45) is 0 Å². The Morgan fingerprint density at radius 2 is 1.76 bits per heavy atom. The summed E-state index contributed by atoms with van der Waals surface area (Å²) in [5.74, 6) is -1.27. The Kier molecular flexibility index (Phi) is 4.44. The van der Waals surface area contributed by atoms with Crippen LogP contribution in [-0.4, -0.2) is 21.1 Å². The molecule has 7 heteroatoms. The van der Waals surface area contributed by atoms with Crippen LogP contribution in [0.15, 0.2) is 52.3 Å². The molecular weight excluding hydrogens is 294 g/mol. The number of nitro groups is 1. The van der Waals surface area contributed by atoms with E-state index >= 15 is 0 Å². The Hall–Kier alpha value is -2.54. The molecule has 0 saturated heterocycles. The minimum atomic E-state index is -0.893. The lowest BCUT2D eigenvalue weighted by Crippen LogP contribution is -1.99. The molecule has 0 radical (unpaired) electrons. The van der Waals surface area contributed by atoms with Crippen molar-refractivity contribution in [2.75, 3.05) is 0 Å². The van der Waals surface area contributed by atoms with Crippen molar-refractivity contribution >= 4 is 23.4 Å². The predicted octanol–water partition coefficient (Wildman–Crippen LogP) is 3.08. The van der Waals surface area contributed by atoms with Gasteiger partial charge in [0.25, 0.3) is 0 Å². The van der Waals surface area contributed by atoms with E-state index in [4.69, 9.17) is 5.11 Å². The number of rotatable bonds is 5. The van der Waals surface area contributed by atoms with E-state index in [1.54, 1.807) is 30.3 Å². The van der Waals surface area contributed by atoms with Crippen LogP contribution >= 0.6 is 11.8 Å². The van der Waals surface area contributed by atoms with Crippen molar-refractivity contribution in [3.8, 4) is 5.75 Å². The van der Waals surface area contributed by atoms with Crippen molar-refractivity contribution < 1.29 is 19.9 Å². The van der Waals surface area contributed by atoms with Gasteiger partial charge in [0.05, 0.1) is 11.3 Å². The molecule has 0 atom stereocenters. The quantitative estimate of drug-likeness (QED) is 0.650. The highest BCUT2D eigenvalue weighted by molar-refractivity contribution is 7.99. The topological polar surface area (TPSA) is 101 Å². The lowest BCUT2D eigenvalue weighted by Gasteiger charge is -2.04. The average molecular weight is 305 g/mol. The molecule has 108 valence electrons. The number of phenolic OH excluding ortho intramolecular Hbond substituents is 1. The number of aliphatic carboxylic acids is 1. The fourth-order valence-corrected chi connectivity index (χ4v) is 2.56. The molecule has 2 rings (SSSR count). The van der Waals surface area contributed by atoms with Gasteiger partial charge < -0.3 is 10.2 Å². The van der Waals surface area contributed by atoms with Crippen LogP contribution < -0.4 is 0 Å². The first-order valence-electron chi connectivity index (χ1n) is 5.91. The molecule has 2 aromatic carbocycles. The zero-order valence-electron chi connectivity index (χ0n) is 10.7.